The molecular formula is C12H14BNO5. The van der Waals surface area contributed by atoms with Crippen molar-refractivity contribution < 1.29 is 24.2 Å². The van der Waals surface area contributed by atoms with Crippen LogP contribution >= 0.6 is 0 Å². The van der Waals surface area contributed by atoms with Crippen LogP contribution in [0.2, 0.25) is 0 Å². The van der Waals surface area contributed by atoms with Crippen molar-refractivity contribution in [2.45, 2.75) is 18.9 Å². The molecule has 1 heterocycles. The zero-order valence-electron chi connectivity index (χ0n) is 10.3. The minimum atomic E-state index is -1.91. The summed E-state index contributed by atoms with van der Waals surface area (Å²) in [5, 5.41) is 26.5. The van der Waals surface area contributed by atoms with Crippen molar-refractivity contribution in [3.05, 3.63) is 23.8 Å². The van der Waals surface area contributed by atoms with E-state index in [2.05, 4.69) is 4.65 Å². The summed E-state index contributed by atoms with van der Waals surface area (Å²) in [6.07, 6.45) is 1.62. The van der Waals surface area contributed by atoms with Crippen LogP contribution in [0.25, 0.3) is 0 Å². The lowest BCUT2D eigenvalue weighted by Crippen LogP contribution is -2.26. The van der Waals surface area contributed by atoms with Gasteiger partial charge in [0, 0.05) is 12.8 Å². The molecule has 0 amide bonds. The highest BCUT2D eigenvalue weighted by molar-refractivity contribution is 6.33. The lowest BCUT2D eigenvalue weighted by atomic mass is 10.1. The Morgan fingerprint density at radius 3 is 2.68 bits per heavy atom. The average molecular weight is 263 g/mol. The molecule has 1 saturated heterocycles. The normalized spacial score (nSPS) is 15.6. The molecule has 1 aliphatic heterocycles. The molecule has 7 heteroatoms. The number of hydrogen-bond donors (Lipinski definition) is 2. The fraction of sp³-hybridized carbons (Fsp3) is 0.417. The highest BCUT2D eigenvalue weighted by Crippen LogP contribution is 2.26. The summed E-state index contributed by atoms with van der Waals surface area (Å²) < 4.78 is 15.7. The smallest absolute Gasteiger partial charge is 0.512 e. The molecule has 1 aromatic rings. The molecule has 6 nitrogen and oxygen atoms in total. The van der Waals surface area contributed by atoms with Crippen LogP contribution in [0.5, 0.6) is 11.5 Å². The van der Waals surface area contributed by atoms with Crippen LogP contribution in [0, 0.1) is 11.3 Å². The van der Waals surface area contributed by atoms with Crippen molar-refractivity contribution in [3.63, 3.8) is 0 Å². The van der Waals surface area contributed by atoms with E-state index in [-0.39, 0.29) is 11.9 Å². The Kier molecular flexibility index (Phi) is 4.63. The molecule has 1 aliphatic rings. The Balaban J connectivity index is 2.09. The zero-order chi connectivity index (χ0) is 13.7. The second-order valence-electron chi connectivity index (χ2n) is 4.14. The van der Waals surface area contributed by atoms with Crippen LogP contribution in [0.1, 0.15) is 18.4 Å². The first-order chi connectivity index (χ1) is 9.19. The zero-order valence-corrected chi connectivity index (χ0v) is 10.3. The van der Waals surface area contributed by atoms with Crippen molar-refractivity contribution in [3.8, 4) is 17.6 Å². The van der Waals surface area contributed by atoms with Crippen molar-refractivity contribution >= 4 is 7.32 Å². The summed E-state index contributed by atoms with van der Waals surface area (Å²) in [6.45, 7) is 1.31. The second kappa shape index (κ2) is 6.43. The van der Waals surface area contributed by atoms with Crippen LogP contribution < -0.4 is 9.39 Å². The molecule has 1 aromatic carbocycles. The molecule has 1 fully saturated rings. The van der Waals surface area contributed by atoms with Gasteiger partial charge in [0.15, 0.2) is 0 Å². The molecule has 2 N–H and O–H groups in total. The van der Waals surface area contributed by atoms with Crippen molar-refractivity contribution in [1.82, 2.24) is 0 Å². The molecule has 2 rings (SSSR count). The monoisotopic (exact) mass is 263 g/mol. The number of ether oxygens (including phenoxy) is 2. The Hall–Kier alpha value is -1.75. The fourth-order valence-electron chi connectivity index (χ4n) is 1.87. The van der Waals surface area contributed by atoms with E-state index in [1.807, 2.05) is 6.07 Å². The number of nitriles is 1. The van der Waals surface area contributed by atoms with Crippen LogP contribution in [0.3, 0.4) is 0 Å². The third-order valence-electron chi connectivity index (χ3n) is 2.77. The van der Waals surface area contributed by atoms with Crippen molar-refractivity contribution in [1.29, 1.82) is 5.26 Å². The van der Waals surface area contributed by atoms with Gasteiger partial charge >= 0.3 is 7.32 Å². The van der Waals surface area contributed by atoms with E-state index in [1.165, 1.54) is 12.1 Å². The van der Waals surface area contributed by atoms with E-state index < -0.39 is 7.32 Å². The Bertz CT molecular complexity index is 468. The van der Waals surface area contributed by atoms with Crippen molar-refractivity contribution in [2.75, 3.05) is 13.2 Å². The highest BCUT2D eigenvalue weighted by Gasteiger charge is 2.18. The maximum atomic E-state index is 9.07. The largest absolute Gasteiger partial charge is 0.707 e. The first-order valence-corrected chi connectivity index (χ1v) is 6.00. The van der Waals surface area contributed by atoms with E-state index in [4.69, 9.17) is 24.8 Å². The molecule has 19 heavy (non-hydrogen) atoms. The summed E-state index contributed by atoms with van der Waals surface area (Å²) in [5.41, 5.74) is 0.296. The van der Waals surface area contributed by atoms with Gasteiger partial charge in [-0.05, 0) is 18.2 Å². The first-order valence-electron chi connectivity index (χ1n) is 6.00. The number of rotatable bonds is 4. The summed E-state index contributed by atoms with van der Waals surface area (Å²) >= 11 is 0. The van der Waals surface area contributed by atoms with Gasteiger partial charge in [-0.15, -0.1) is 0 Å². The van der Waals surface area contributed by atoms with Crippen LogP contribution in [0.4, 0.5) is 0 Å². The molecule has 0 bridgehead atoms. The summed E-state index contributed by atoms with van der Waals surface area (Å²) in [6, 6.07) is 6.52. The van der Waals surface area contributed by atoms with Gasteiger partial charge in [-0.1, -0.05) is 0 Å². The van der Waals surface area contributed by atoms with Gasteiger partial charge in [-0.3, -0.25) is 0 Å². The van der Waals surface area contributed by atoms with Crippen LogP contribution in [0.15, 0.2) is 18.2 Å². The van der Waals surface area contributed by atoms with E-state index >= 15 is 0 Å². The van der Waals surface area contributed by atoms with Gasteiger partial charge in [0.1, 0.15) is 23.7 Å². The molecule has 0 saturated carbocycles. The third kappa shape index (κ3) is 3.86. The molecule has 0 aliphatic carbocycles. The predicted octanol–water partition coefficient (Wildman–Crippen LogP) is 0.464. The SMILES string of the molecule is N#Cc1cc(OB(O)O)ccc1OC1CCOCC1. The standard InChI is InChI=1S/C12H14BNO5/c14-8-9-7-11(19-13(15)16)1-2-12(9)18-10-3-5-17-6-4-10/h1-2,7,10,15-16H,3-6H2. The lowest BCUT2D eigenvalue weighted by Gasteiger charge is -2.23. The molecular weight excluding hydrogens is 249 g/mol. The molecule has 0 unspecified atom stereocenters. The maximum Gasteiger partial charge on any atom is 0.707 e. The van der Waals surface area contributed by atoms with Gasteiger partial charge in [-0.2, -0.15) is 5.26 Å². The van der Waals surface area contributed by atoms with Gasteiger partial charge < -0.3 is 24.2 Å². The van der Waals surface area contributed by atoms with E-state index in [0.717, 1.165) is 12.8 Å². The predicted molar refractivity (Wildman–Crippen MR) is 66.4 cm³/mol. The first kappa shape index (κ1) is 13.7. The van der Waals surface area contributed by atoms with Crippen LogP contribution in [-0.4, -0.2) is 36.7 Å². The van der Waals surface area contributed by atoms with E-state index in [0.29, 0.717) is 24.5 Å². The van der Waals surface area contributed by atoms with Gasteiger partial charge in [0.25, 0.3) is 0 Å². The number of nitrogens with zero attached hydrogens (tertiary/aromatic N) is 1. The van der Waals surface area contributed by atoms with Gasteiger partial charge in [-0.25, -0.2) is 0 Å². The van der Waals surface area contributed by atoms with Crippen LogP contribution in [-0.2, 0) is 4.74 Å². The minimum absolute atomic E-state index is 0.0380. The summed E-state index contributed by atoms with van der Waals surface area (Å²) in [5.74, 6) is 0.667. The van der Waals surface area contributed by atoms with E-state index in [9.17, 15) is 0 Å². The average Bonchev–Trinajstić information content (AvgIpc) is 2.41. The molecule has 0 radical (unpaired) electrons. The Morgan fingerprint density at radius 2 is 2.05 bits per heavy atom. The Morgan fingerprint density at radius 1 is 1.32 bits per heavy atom. The quantitative estimate of drug-likeness (QED) is 0.767. The molecule has 100 valence electrons. The number of benzene rings is 1. The molecule has 0 spiro atoms. The van der Waals surface area contributed by atoms with Gasteiger partial charge in [0.2, 0.25) is 0 Å². The topological polar surface area (TPSA) is 91.9 Å². The second-order valence-corrected chi connectivity index (χ2v) is 4.14. The molecule has 0 atom stereocenters. The summed E-state index contributed by atoms with van der Waals surface area (Å²) in [4.78, 5) is 0. The highest BCUT2D eigenvalue weighted by atomic mass is 16.6. The summed E-state index contributed by atoms with van der Waals surface area (Å²) in [7, 11) is -1.91. The number of hydrogen-bond acceptors (Lipinski definition) is 6. The lowest BCUT2D eigenvalue weighted by molar-refractivity contribution is 0.0254. The third-order valence-corrected chi connectivity index (χ3v) is 2.77. The molecule has 0 aromatic heterocycles. The van der Waals surface area contributed by atoms with E-state index in [1.54, 1.807) is 6.07 Å². The fourth-order valence-corrected chi connectivity index (χ4v) is 1.87. The van der Waals surface area contributed by atoms with Crippen molar-refractivity contribution in [2.24, 2.45) is 0 Å². The van der Waals surface area contributed by atoms with Gasteiger partial charge in [0.05, 0.1) is 18.8 Å². The maximum absolute atomic E-state index is 9.07. The Labute approximate surface area is 111 Å². The minimum Gasteiger partial charge on any atom is -0.512 e.